The number of nitrogens with two attached hydrogens (primary N) is 1. The van der Waals surface area contributed by atoms with Crippen molar-refractivity contribution in [2.24, 2.45) is 0 Å². The Morgan fingerprint density at radius 1 is 1.11 bits per heavy atom. The summed E-state index contributed by atoms with van der Waals surface area (Å²) in [6, 6.07) is 14.4. The van der Waals surface area contributed by atoms with Crippen molar-refractivity contribution in [3.8, 4) is 0 Å². The molecule has 37 heavy (non-hydrogen) atoms. The molecule has 0 saturated carbocycles. The summed E-state index contributed by atoms with van der Waals surface area (Å²) < 4.78 is 49.3. The van der Waals surface area contributed by atoms with Gasteiger partial charge in [-0.1, -0.05) is 18.2 Å². The van der Waals surface area contributed by atoms with Gasteiger partial charge in [0.05, 0.1) is 42.3 Å². The molecule has 0 radical (unpaired) electrons. The van der Waals surface area contributed by atoms with E-state index in [0.29, 0.717) is 24.4 Å². The second-order valence-electron chi connectivity index (χ2n) is 8.87. The van der Waals surface area contributed by atoms with Crippen molar-refractivity contribution in [2.75, 3.05) is 36.1 Å². The minimum absolute atomic E-state index is 0.0423. The molecule has 2 aromatic carbocycles. The fraction of sp³-hybridized carbons (Fsp3) is 0.333. The number of methoxy groups -OCH3 is 1. The van der Waals surface area contributed by atoms with E-state index in [0.717, 1.165) is 55.0 Å². The topological polar surface area (TPSA) is 89.7 Å². The summed E-state index contributed by atoms with van der Waals surface area (Å²) in [5, 5.41) is 3.06. The van der Waals surface area contributed by atoms with Crippen molar-refractivity contribution in [2.45, 2.75) is 38.3 Å². The molecule has 3 aromatic rings. The van der Waals surface area contributed by atoms with Crippen LogP contribution in [0.25, 0.3) is 0 Å². The number of nitrogens with zero attached hydrogens (tertiary/aromatic N) is 2. The highest BCUT2D eigenvalue weighted by Crippen LogP contribution is 2.33. The maximum atomic E-state index is 12.8. The van der Waals surface area contributed by atoms with Gasteiger partial charge in [-0.2, -0.15) is 13.2 Å². The van der Waals surface area contributed by atoms with Gasteiger partial charge < -0.3 is 25.4 Å². The van der Waals surface area contributed by atoms with Crippen LogP contribution in [0.1, 0.15) is 39.9 Å². The predicted octanol–water partition coefficient (Wildman–Crippen LogP) is 5.27. The number of carbonyl (C=O) groups excluding carboxylic acids is 1. The molecule has 0 aliphatic carbocycles. The average molecular weight is 515 g/mol. The van der Waals surface area contributed by atoms with E-state index < -0.39 is 11.7 Å². The van der Waals surface area contributed by atoms with E-state index in [1.807, 2.05) is 24.3 Å². The van der Waals surface area contributed by atoms with Gasteiger partial charge in [-0.15, -0.1) is 0 Å². The Labute approximate surface area is 213 Å². The largest absolute Gasteiger partial charge is 0.465 e. The van der Waals surface area contributed by atoms with Crippen LogP contribution in [-0.4, -0.2) is 37.3 Å². The minimum atomic E-state index is -4.43. The van der Waals surface area contributed by atoms with Crippen LogP contribution < -0.4 is 16.0 Å². The predicted molar refractivity (Wildman–Crippen MR) is 135 cm³/mol. The number of anilines is 3. The van der Waals surface area contributed by atoms with Crippen LogP contribution >= 0.6 is 0 Å². The third-order valence-electron chi connectivity index (χ3n) is 6.27. The fourth-order valence-electron chi connectivity index (χ4n) is 4.18. The van der Waals surface area contributed by atoms with Crippen molar-refractivity contribution in [1.82, 2.24) is 4.98 Å². The Balaban J connectivity index is 1.24. The first-order valence-electron chi connectivity index (χ1n) is 11.9. The summed E-state index contributed by atoms with van der Waals surface area (Å²) >= 11 is 0. The number of benzene rings is 2. The van der Waals surface area contributed by atoms with Crippen LogP contribution in [0.15, 0.2) is 60.8 Å². The highest BCUT2D eigenvalue weighted by molar-refractivity contribution is 5.89. The van der Waals surface area contributed by atoms with Crippen LogP contribution in [-0.2, 0) is 28.8 Å². The van der Waals surface area contributed by atoms with Crippen molar-refractivity contribution < 1.29 is 27.4 Å². The lowest BCUT2D eigenvalue weighted by Crippen LogP contribution is -2.37. The lowest BCUT2D eigenvalue weighted by atomic mass is 10.1. The number of piperidine rings is 1. The lowest BCUT2D eigenvalue weighted by molar-refractivity contribution is -0.137. The summed E-state index contributed by atoms with van der Waals surface area (Å²) in [7, 11) is 1.36. The summed E-state index contributed by atoms with van der Waals surface area (Å²) in [6.45, 7) is 2.42. The van der Waals surface area contributed by atoms with Gasteiger partial charge in [0, 0.05) is 25.8 Å². The zero-order valence-electron chi connectivity index (χ0n) is 20.4. The smallest absolute Gasteiger partial charge is 0.416 e. The fourth-order valence-corrected chi connectivity index (χ4v) is 4.18. The SMILES string of the molecule is COC(=O)c1cccc(COC2CCN(c3ccc(CNc4ccc(C(F)(F)F)cc4N)cn3)CC2)c1. The Morgan fingerprint density at radius 2 is 1.89 bits per heavy atom. The van der Waals surface area contributed by atoms with E-state index in [4.69, 9.17) is 15.2 Å². The minimum Gasteiger partial charge on any atom is -0.465 e. The first-order valence-corrected chi connectivity index (χ1v) is 11.9. The molecule has 1 aliphatic heterocycles. The van der Waals surface area contributed by atoms with Crippen LogP contribution in [0.3, 0.4) is 0 Å². The molecular weight excluding hydrogens is 485 g/mol. The maximum absolute atomic E-state index is 12.8. The number of nitrogen functional groups attached to an aromatic ring is 1. The van der Waals surface area contributed by atoms with Crippen molar-refractivity contribution in [3.63, 3.8) is 0 Å². The molecule has 1 aliphatic rings. The molecule has 1 saturated heterocycles. The van der Waals surface area contributed by atoms with Gasteiger partial charge >= 0.3 is 12.1 Å². The summed E-state index contributed by atoms with van der Waals surface area (Å²) in [4.78, 5) is 18.5. The summed E-state index contributed by atoms with van der Waals surface area (Å²) in [5.74, 6) is 0.496. The zero-order valence-corrected chi connectivity index (χ0v) is 20.4. The second-order valence-corrected chi connectivity index (χ2v) is 8.87. The molecule has 196 valence electrons. The Hall–Kier alpha value is -3.79. The van der Waals surface area contributed by atoms with E-state index in [2.05, 4.69) is 15.2 Å². The number of nitrogens with one attached hydrogen (secondary N) is 1. The first-order chi connectivity index (χ1) is 17.7. The molecular formula is C27H29F3N4O3. The Morgan fingerprint density at radius 3 is 2.54 bits per heavy atom. The van der Waals surface area contributed by atoms with Gasteiger partial charge in [-0.3, -0.25) is 0 Å². The summed E-state index contributed by atoms with van der Waals surface area (Å²) in [5.41, 5.74) is 7.80. The third-order valence-corrected chi connectivity index (χ3v) is 6.27. The van der Waals surface area contributed by atoms with E-state index in [1.165, 1.54) is 13.2 Å². The zero-order chi connectivity index (χ0) is 26.4. The van der Waals surface area contributed by atoms with Crippen molar-refractivity contribution >= 4 is 23.2 Å². The number of pyridine rings is 1. The molecule has 0 spiro atoms. The molecule has 0 amide bonds. The van der Waals surface area contributed by atoms with Crippen molar-refractivity contribution in [3.05, 3.63) is 83.0 Å². The Bertz CT molecular complexity index is 1210. The molecule has 0 unspecified atom stereocenters. The van der Waals surface area contributed by atoms with Crippen LogP contribution in [0.5, 0.6) is 0 Å². The molecule has 7 nitrogen and oxygen atoms in total. The third kappa shape index (κ3) is 6.91. The molecule has 10 heteroatoms. The number of ether oxygens (including phenoxy) is 2. The highest BCUT2D eigenvalue weighted by atomic mass is 19.4. The number of alkyl halides is 3. The number of hydrogen-bond donors (Lipinski definition) is 2. The molecule has 1 fully saturated rings. The van der Waals surface area contributed by atoms with Gasteiger partial charge in [-0.25, -0.2) is 9.78 Å². The van der Waals surface area contributed by atoms with Gasteiger partial charge in [0.1, 0.15) is 5.82 Å². The van der Waals surface area contributed by atoms with Crippen molar-refractivity contribution in [1.29, 1.82) is 0 Å². The molecule has 0 bridgehead atoms. The quantitative estimate of drug-likeness (QED) is 0.313. The number of rotatable bonds is 8. The maximum Gasteiger partial charge on any atom is 0.416 e. The van der Waals surface area contributed by atoms with Crippen LogP contribution in [0.4, 0.5) is 30.4 Å². The second kappa shape index (κ2) is 11.5. The summed E-state index contributed by atoms with van der Waals surface area (Å²) in [6.07, 6.45) is -0.843. The normalized spacial score (nSPS) is 14.4. The number of halogens is 3. The highest BCUT2D eigenvalue weighted by Gasteiger charge is 2.30. The van der Waals surface area contributed by atoms with E-state index >= 15 is 0 Å². The van der Waals surface area contributed by atoms with E-state index in [-0.39, 0.29) is 17.8 Å². The van der Waals surface area contributed by atoms with Crippen LogP contribution in [0, 0.1) is 0 Å². The number of esters is 1. The van der Waals surface area contributed by atoms with E-state index in [9.17, 15) is 18.0 Å². The standard InChI is InChI=1S/C27H29F3N4O3/c1-36-26(35)20-4-2-3-18(13-20)17-37-22-9-11-34(12-10-22)25-8-5-19(16-33-25)15-32-24-7-6-21(14-23(24)31)27(28,29)30/h2-8,13-14,16,22,32H,9-12,15,17,31H2,1H3. The Kier molecular flexibility index (Phi) is 8.17. The van der Waals surface area contributed by atoms with Gasteiger partial charge in [0.25, 0.3) is 0 Å². The molecule has 4 rings (SSSR count). The molecule has 3 N–H and O–H groups in total. The number of carbonyl (C=O) groups is 1. The lowest BCUT2D eigenvalue weighted by Gasteiger charge is -2.32. The van der Waals surface area contributed by atoms with Crippen LogP contribution in [0.2, 0.25) is 0 Å². The average Bonchev–Trinajstić information content (AvgIpc) is 2.91. The molecule has 0 atom stereocenters. The van der Waals surface area contributed by atoms with Gasteiger partial charge in [0.2, 0.25) is 0 Å². The number of hydrogen-bond acceptors (Lipinski definition) is 7. The monoisotopic (exact) mass is 514 g/mol. The van der Waals surface area contributed by atoms with Gasteiger partial charge in [0.15, 0.2) is 0 Å². The number of aromatic nitrogens is 1. The molecule has 1 aromatic heterocycles. The first kappa shape index (κ1) is 26.3. The van der Waals surface area contributed by atoms with E-state index in [1.54, 1.807) is 18.3 Å². The molecule has 2 heterocycles. The van der Waals surface area contributed by atoms with Gasteiger partial charge in [-0.05, 0) is 60.4 Å².